The minimum absolute atomic E-state index is 0.0511. The van der Waals surface area contributed by atoms with Gasteiger partial charge in [0.05, 0.1) is 37.1 Å². The van der Waals surface area contributed by atoms with Crippen LogP contribution in [0.4, 0.5) is 0 Å². The van der Waals surface area contributed by atoms with E-state index < -0.39 is 0 Å². The number of carbonyl (C=O) groups is 1. The Hall–Kier alpha value is -2.08. The van der Waals surface area contributed by atoms with Crippen LogP contribution in [0, 0.1) is 12.8 Å². The summed E-state index contributed by atoms with van der Waals surface area (Å²) in [7, 11) is 0. The number of furan rings is 1. The van der Waals surface area contributed by atoms with E-state index in [0.29, 0.717) is 25.5 Å². The van der Waals surface area contributed by atoms with E-state index in [9.17, 15) is 4.79 Å². The fraction of sp³-hybridized carbons (Fsp3) is 0.529. The van der Waals surface area contributed by atoms with Crippen molar-refractivity contribution in [3.63, 3.8) is 0 Å². The predicted octanol–water partition coefficient (Wildman–Crippen LogP) is 2.37. The lowest BCUT2D eigenvalue weighted by Crippen LogP contribution is -2.38. The van der Waals surface area contributed by atoms with Crippen molar-refractivity contribution in [2.45, 2.75) is 39.5 Å². The summed E-state index contributed by atoms with van der Waals surface area (Å²) >= 11 is 0. The summed E-state index contributed by atoms with van der Waals surface area (Å²) in [6.07, 6.45) is 5.98. The Balaban J connectivity index is 1.46. The Morgan fingerprint density at radius 3 is 3.04 bits per heavy atom. The third-order valence-corrected chi connectivity index (χ3v) is 4.62. The van der Waals surface area contributed by atoms with Gasteiger partial charge in [-0.1, -0.05) is 0 Å². The van der Waals surface area contributed by atoms with Crippen LogP contribution < -0.4 is 0 Å². The second-order valence-electron chi connectivity index (χ2n) is 6.45. The van der Waals surface area contributed by atoms with Crippen molar-refractivity contribution in [2.24, 2.45) is 5.92 Å². The summed E-state index contributed by atoms with van der Waals surface area (Å²) in [4.78, 5) is 18.9. The van der Waals surface area contributed by atoms with Gasteiger partial charge in [0.1, 0.15) is 0 Å². The van der Waals surface area contributed by atoms with E-state index in [-0.39, 0.29) is 5.91 Å². The molecule has 1 aliphatic heterocycles. The molecule has 1 fully saturated rings. The summed E-state index contributed by atoms with van der Waals surface area (Å²) in [6.45, 7) is 5.23. The molecule has 0 unspecified atom stereocenters. The number of hydrogen-bond donors (Lipinski definition) is 0. The normalized spacial score (nSPS) is 17.3. The monoisotopic (exact) mass is 315 g/mol. The molecule has 1 amide bonds. The van der Waals surface area contributed by atoms with Gasteiger partial charge in [-0.3, -0.25) is 4.79 Å². The van der Waals surface area contributed by atoms with Gasteiger partial charge in [-0.15, -0.1) is 0 Å². The molecule has 3 heterocycles. The van der Waals surface area contributed by atoms with Crippen molar-refractivity contribution < 1.29 is 13.9 Å². The van der Waals surface area contributed by atoms with Crippen LogP contribution in [0.5, 0.6) is 0 Å². The van der Waals surface area contributed by atoms with E-state index >= 15 is 0 Å². The number of carbonyl (C=O) groups excluding carboxylic acids is 1. The Kier molecular flexibility index (Phi) is 3.69. The Morgan fingerprint density at radius 2 is 2.30 bits per heavy atom. The molecule has 2 aromatic heterocycles. The average molecular weight is 315 g/mol. The first-order valence-electron chi connectivity index (χ1n) is 8.16. The highest BCUT2D eigenvalue weighted by Crippen LogP contribution is 2.29. The molecule has 2 aliphatic rings. The minimum Gasteiger partial charge on any atom is -0.459 e. The maximum Gasteiger partial charge on any atom is 0.290 e. The predicted molar refractivity (Wildman–Crippen MR) is 82.8 cm³/mol. The standard InChI is InChI=1S/C17H21N3O3/c1-12-4-7-23-16(12)17(21)19-5-6-20-11-18-14(15(20)8-19)10-22-9-13-2-3-13/h4,7,11,13H,2-3,5-6,8-10H2,1H3. The molecule has 23 heavy (non-hydrogen) atoms. The molecule has 0 atom stereocenters. The summed E-state index contributed by atoms with van der Waals surface area (Å²) in [5, 5.41) is 0. The number of rotatable bonds is 5. The highest BCUT2D eigenvalue weighted by atomic mass is 16.5. The Labute approximate surface area is 135 Å². The molecule has 4 rings (SSSR count). The maximum atomic E-state index is 12.6. The molecule has 2 aromatic rings. The fourth-order valence-corrected chi connectivity index (χ4v) is 2.95. The molecule has 1 saturated carbocycles. The van der Waals surface area contributed by atoms with Crippen molar-refractivity contribution in [1.82, 2.24) is 14.5 Å². The smallest absolute Gasteiger partial charge is 0.290 e. The molecule has 0 N–H and O–H groups in total. The SMILES string of the molecule is Cc1ccoc1C(=O)N1CCn2cnc(COCC3CC3)c2C1. The second kappa shape index (κ2) is 5.85. The summed E-state index contributed by atoms with van der Waals surface area (Å²) in [5.41, 5.74) is 2.89. The average Bonchev–Trinajstić information content (AvgIpc) is 3.15. The summed E-state index contributed by atoms with van der Waals surface area (Å²) in [6, 6.07) is 1.82. The third kappa shape index (κ3) is 2.91. The zero-order chi connectivity index (χ0) is 15.8. The number of hydrogen-bond acceptors (Lipinski definition) is 4. The van der Waals surface area contributed by atoms with Gasteiger partial charge in [0.2, 0.25) is 0 Å². The van der Waals surface area contributed by atoms with Gasteiger partial charge in [-0.25, -0.2) is 4.98 Å². The lowest BCUT2D eigenvalue weighted by molar-refractivity contribution is 0.0671. The third-order valence-electron chi connectivity index (χ3n) is 4.62. The van der Waals surface area contributed by atoms with Gasteiger partial charge >= 0.3 is 0 Å². The van der Waals surface area contributed by atoms with Crippen molar-refractivity contribution in [1.29, 1.82) is 0 Å². The maximum absolute atomic E-state index is 12.6. The minimum atomic E-state index is -0.0511. The molecule has 0 radical (unpaired) electrons. The number of imidazole rings is 1. The Morgan fingerprint density at radius 1 is 1.43 bits per heavy atom. The van der Waals surface area contributed by atoms with Crippen LogP contribution in [0.25, 0.3) is 0 Å². The lowest BCUT2D eigenvalue weighted by Gasteiger charge is -2.28. The number of ether oxygens (including phenoxy) is 1. The largest absolute Gasteiger partial charge is 0.459 e. The zero-order valence-corrected chi connectivity index (χ0v) is 13.3. The van der Waals surface area contributed by atoms with Crippen LogP contribution in [0.1, 0.15) is 40.3 Å². The molecule has 6 nitrogen and oxygen atoms in total. The van der Waals surface area contributed by atoms with Crippen LogP contribution >= 0.6 is 0 Å². The quantitative estimate of drug-likeness (QED) is 0.850. The van der Waals surface area contributed by atoms with Crippen LogP contribution in [0.15, 0.2) is 23.1 Å². The highest BCUT2D eigenvalue weighted by Gasteiger charge is 2.27. The van der Waals surface area contributed by atoms with Crippen molar-refractivity contribution in [3.05, 3.63) is 41.4 Å². The number of fused-ring (bicyclic) bond motifs is 1. The number of aryl methyl sites for hydroxylation is 1. The molecule has 1 aliphatic carbocycles. The Bertz CT molecular complexity index is 714. The van der Waals surface area contributed by atoms with Crippen LogP contribution in [0.2, 0.25) is 0 Å². The van der Waals surface area contributed by atoms with Gasteiger partial charge in [0, 0.05) is 25.3 Å². The van der Waals surface area contributed by atoms with Crippen molar-refractivity contribution in [2.75, 3.05) is 13.2 Å². The van der Waals surface area contributed by atoms with Gasteiger partial charge in [-0.05, 0) is 31.7 Å². The van der Waals surface area contributed by atoms with Crippen molar-refractivity contribution in [3.8, 4) is 0 Å². The molecular weight excluding hydrogens is 294 g/mol. The van der Waals surface area contributed by atoms with Gasteiger partial charge < -0.3 is 18.6 Å². The fourth-order valence-electron chi connectivity index (χ4n) is 2.95. The highest BCUT2D eigenvalue weighted by molar-refractivity contribution is 5.92. The summed E-state index contributed by atoms with van der Waals surface area (Å²) in [5.74, 6) is 1.13. The molecule has 0 bridgehead atoms. The van der Waals surface area contributed by atoms with Crippen LogP contribution in [-0.2, 0) is 24.4 Å². The first-order valence-corrected chi connectivity index (χ1v) is 8.16. The topological polar surface area (TPSA) is 60.5 Å². The molecule has 0 saturated heterocycles. The van der Waals surface area contributed by atoms with Gasteiger partial charge in [0.25, 0.3) is 5.91 Å². The number of aromatic nitrogens is 2. The molecule has 0 spiro atoms. The van der Waals surface area contributed by atoms with Gasteiger partial charge in [-0.2, -0.15) is 0 Å². The molecule has 122 valence electrons. The van der Waals surface area contributed by atoms with E-state index in [1.54, 1.807) is 6.26 Å². The first-order chi connectivity index (χ1) is 11.2. The van der Waals surface area contributed by atoms with E-state index in [0.717, 1.165) is 36.0 Å². The van der Waals surface area contributed by atoms with Crippen LogP contribution in [0.3, 0.4) is 0 Å². The van der Waals surface area contributed by atoms with E-state index in [2.05, 4.69) is 9.55 Å². The molecular formula is C17H21N3O3. The van der Waals surface area contributed by atoms with Crippen molar-refractivity contribution >= 4 is 5.91 Å². The lowest BCUT2D eigenvalue weighted by atomic mass is 10.2. The van der Waals surface area contributed by atoms with E-state index in [4.69, 9.17) is 9.15 Å². The number of amides is 1. The summed E-state index contributed by atoms with van der Waals surface area (Å²) < 4.78 is 13.2. The number of nitrogens with zero attached hydrogens (tertiary/aromatic N) is 3. The van der Waals surface area contributed by atoms with E-state index in [1.807, 2.05) is 24.2 Å². The van der Waals surface area contributed by atoms with Crippen LogP contribution in [-0.4, -0.2) is 33.5 Å². The molecule has 6 heteroatoms. The first kappa shape index (κ1) is 14.5. The molecule has 0 aromatic carbocycles. The zero-order valence-electron chi connectivity index (χ0n) is 13.3. The van der Waals surface area contributed by atoms with E-state index in [1.165, 1.54) is 12.8 Å². The van der Waals surface area contributed by atoms with Gasteiger partial charge in [0.15, 0.2) is 5.76 Å². The second-order valence-corrected chi connectivity index (χ2v) is 6.45.